The summed E-state index contributed by atoms with van der Waals surface area (Å²) in [4.78, 5) is 4.32. The van der Waals surface area contributed by atoms with Gasteiger partial charge in [0.05, 0.1) is 12.0 Å². The molecule has 1 heterocycles. The third-order valence-electron chi connectivity index (χ3n) is 3.96. The summed E-state index contributed by atoms with van der Waals surface area (Å²) >= 11 is 0. The Bertz CT molecular complexity index is 337. The largest absolute Gasteiger partial charge is 0.330 e. The number of nitrogens with one attached hydrogen (secondary N) is 1. The summed E-state index contributed by atoms with van der Waals surface area (Å²) < 4.78 is 2.37. The minimum atomic E-state index is 0.528. The van der Waals surface area contributed by atoms with E-state index < -0.39 is 0 Å². The highest BCUT2D eigenvalue weighted by Gasteiger charge is 2.23. The van der Waals surface area contributed by atoms with E-state index in [0.717, 1.165) is 12.5 Å². The molecule has 96 valence electrons. The van der Waals surface area contributed by atoms with Crippen LogP contribution in [0.5, 0.6) is 0 Å². The summed E-state index contributed by atoms with van der Waals surface area (Å²) in [5.74, 6) is 0.849. The average Bonchev–Trinajstić information content (AvgIpc) is 2.96. The van der Waals surface area contributed by atoms with Crippen molar-refractivity contribution in [2.24, 2.45) is 5.92 Å². The zero-order valence-corrected chi connectivity index (χ0v) is 11.3. The van der Waals surface area contributed by atoms with Crippen LogP contribution in [-0.4, -0.2) is 15.6 Å². The van der Waals surface area contributed by atoms with E-state index in [0.29, 0.717) is 12.1 Å². The quantitative estimate of drug-likeness (QED) is 0.849. The highest BCUT2D eigenvalue weighted by Crippen LogP contribution is 2.34. The van der Waals surface area contributed by atoms with Crippen molar-refractivity contribution in [3.05, 3.63) is 18.2 Å². The zero-order valence-electron chi connectivity index (χ0n) is 11.3. The molecule has 1 aromatic rings. The monoisotopic (exact) mass is 235 g/mol. The van der Waals surface area contributed by atoms with Crippen molar-refractivity contribution in [2.75, 3.05) is 0 Å². The summed E-state index contributed by atoms with van der Waals surface area (Å²) in [7, 11) is 0. The SMILES string of the molecule is CC(C)NCc1cncn1C(C)C1CCCC1. The van der Waals surface area contributed by atoms with Crippen molar-refractivity contribution >= 4 is 0 Å². The third-order valence-corrected chi connectivity index (χ3v) is 3.96. The van der Waals surface area contributed by atoms with Crippen LogP contribution in [0.25, 0.3) is 0 Å². The molecule has 0 aliphatic heterocycles. The van der Waals surface area contributed by atoms with Crippen molar-refractivity contribution in [3.63, 3.8) is 0 Å². The van der Waals surface area contributed by atoms with Gasteiger partial charge in [-0.3, -0.25) is 0 Å². The summed E-state index contributed by atoms with van der Waals surface area (Å²) in [6, 6.07) is 1.13. The van der Waals surface area contributed by atoms with Gasteiger partial charge in [0, 0.05) is 24.8 Å². The minimum Gasteiger partial charge on any atom is -0.330 e. The molecule has 1 aliphatic rings. The van der Waals surface area contributed by atoms with Gasteiger partial charge in [-0.05, 0) is 25.7 Å². The van der Waals surface area contributed by atoms with Crippen LogP contribution < -0.4 is 5.32 Å². The lowest BCUT2D eigenvalue weighted by Gasteiger charge is -2.23. The summed E-state index contributed by atoms with van der Waals surface area (Å²) in [5.41, 5.74) is 1.32. The lowest BCUT2D eigenvalue weighted by atomic mass is 9.99. The van der Waals surface area contributed by atoms with E-state index >= 15 is 0 Å². The molecule has 0 radical (unpaired) electrons. The second-order valence-electron chi connectivity index (χ2n) is 5.61. The number of rotatable bonds is 5. The van der Waals surface area contributed by atoms with Gasteiger partial charge in [0.1, 0.15) is 0 Å². The van der Waals surface area contributed by atoms with Gasteiger partial charge in [-0.1, -0.05) is 26.7 Å². The molecule has 2 rings (SSSR count). The molecule has 1 atom stereocenters. The average molecular weight is 235 g/mol. The first kappa shape index (κ1) is 12.6. The van der Waals surface area contributed by atoms with Crippen LogP contribution >= 0.6 is 0 Å². The molecule has 1 aromatic heterocycles. The van der Waals surface area contributed by atoms with Gasteiger partial charge in [0.25, 0.3) is 0 Å². The molecular weight excluding hydrogens is 210 g/mol. The molecule has 0 aromatic carbocycles. The number of hydrogen-bond acceptors (Lipinski definition) is 2. The smallest absolute Gasteiger partial charge is 0.0951 e. The minimum absolute atomic E-state index is 0.528. The fourth-order valence-electron chi connectivity index (χ4n) is 2.81. The first-order chi connectivity index (χ1) is 8.18. The van der Waals surface area contributed by atoms with Crippen LogP contribution in [0.3, 0.4) is 0 Å². The van der Waals surface area contributed by atoms with Gasteiger partial charge in [0.2, 0.25) is 0 Å². The Morgan fingerprint density at radius 3 is 2.71 bits per heavy atom. The van der Waals surface area contributed by atoms with Gasteiger partial charge >= 0.3 is 0 Å². The van der Waals surface area contributed by atoms with E-state index in [-0.39, 0.29) is 0 Å². The van der Waals surface area contributed by atoms with Crippen LogP contribution in [0.15, 0.2) is 12.5 Å². The topological polar surface area (TPSA) is 29.9 Å². The van der Waals surface area contributed by atoms with Gasteiger partial charge in [-0.25, -0.2) is 4.98 Å². The Kier molecular flexibility index (Phi) is 4.21. The van der Waals surface area contributed by atoms with Crippen LogP contribution in [0, 0.1) is 5.92 Å². The van der Waals surface area contributed by atoms with Crippen LogP contribution in [-0.2, 0) is 6.54 Å². The van der Waals surface area contributed by atoms with E-state index in [4.69, 9.17) is 0 Å². The molecule has 17 heavy (non-hydrogen) atoms. The highest BCUT2D eigenvalue weighted by atomic mass is 15.1. The Hall–Kier alpha value is -0.830. The van der Waals surface area contributed by atoms with Gasteiger partial charge in [0.15, 0.2) is 0 Å². The van der Waals surface area contributed by atoms with Crippen molar-refractivity contribution in [1.82, 2.24) is 14.9 Å². The van der Waals surface area contributed by atoms with E-state index in [1.165, 1.54) is 31.4 Å². The number of hydrogen-bond donors (Lipinski definition) is 1. The first-order valence-corrected chi connectivity index (χ1v) is 6.92. The van der Waals surface area contributed by atoms with Gasteiger partial charge in [-0.15, -0.1) is 0 Å². The second kappa shape index (κ2) is 5.67. The summed E-state index contributed by atoms with van der Waals surface area (Å²) in [6.07, 6.45) is 9.58. The molecule has 1 unspecified atom stereocenters. The molecule has 1 aliphatic carbocycles. The summed E-state index contributed by atoms with van der Waals surface area (Å²) in [5, 5.41) is 3.47. The molecule has 0 saturated heterocycles. The van der Waals surface area contributed by atoms with Gasteiger partial charge < -0.3 is 9.88 Å². The molecule has 0 spiro atoms. The molecule has 0 amide bonds. The standard InChI is InChI=1S/C14H25N3/c1-11(2)16-9-14-8-15-10-17(14)12(3)13-6-4-5-7-13/h8,10-13,16H,4-7,9H2,1-3H3. The van der Waals surface area contributed by atoms with E-state index in [9.17, 15) is 0 Å². The van der Waals surface area contributed by atoms with Crippen molar-refractivity contribution < 1.29 is 0 Å². The number of imidazole rings is 1. The molecule has 3 heteroatoms. The van der Waals surface area contributed by atoms with Gasteiger partial charge in [-0.2, -0.15) is 0 Å². The van der Waals surface area contributed by atoms with E-state index in [1.54, 1.807) is 0 Å². The molecule has 3 nitrogen and oxygen atoms in total. The third kappa shape index (κ3) is 3.09. The molecule has 0 bridgehead atoms. The highest BCUT2D eigenvalue weighted by molar-refractivity contribution is 5.01. The van der Waals surface area contributed by atoms with E-state index in [1.807, 2.05) is 12.5 Å². The number of aromatic nitrogens is 2. The van der Waals surface area contributed by atoms with E-state index in [2.05, 4.69) is 35.6 Å². The Balaban J connectivity index is 2.01. The van der Waals surface area contributed by atoms with Crippen molar-refractivity contribution in [3.8, 4) is 0 Å². The Labute approximate surface area is 105 Å². The first-order valence-electron chi connectivity index (χ1n) is 6.92. The van der Waals surface area contributed by atoms with Crippen LogP contribution in [0.1, 0.15) is 58.2 Å². The zero-order chi connectivity index (χ0) is 12.3. The predicted molar refractivity (Wildman–Crippen MR) is 70.9 cm³/mol. The molecular formula is C14H25N3. The lowest BCUT2D eigenvalue weighted by Crippen LogP contribution is -2.25. The number of nitrogens with zero attached hydrogens (tertiary/aromatic N) is 2. The maximum atomic E-state index is 4.32. The molecule has 1 saturated carbocycles. The fraction of sp³-hybridized carbons (Fsp3) is 0.786. The fourth-order valence-corrected chi connectivity index (χ4v) is 2.81. The van der Waals surface area contributed by atoms with Crippen molar-refractivity contribution in [2.45, 2.75) is 65.1 Å². The summed E-state index contributed by atoms with van der Waals surface area (Å²) in [6.45, 7) is 7.63. The van der Waals surface area contributed by atoms with Crippen molar-refractivity contribution in [1.29, 1.82) is 0 Å². The molecule has 1 fully saturated rings. The van der Waals surface area contributed by atoms with Crippen LogP contribution in [0.2, 0.25) is 0 Å². The van der Waals surface area contributed by atoms with Crippen LogP contribution in [0.4, 0.5) is 0 Å². The lowest BCUT2D eigenvalue weighted by molar-refractivity contribution is 0.350. The predicted octanol–water partition coefficient (Wildman–Crippen LogP) is 3.13. The maximum Gasteiger partial charge on any atom is 0.0951 e. The Morgan fingerprint density at radius 2 is 2.06 bits per heavy atom. The Morgan fingerprint density at radius 1 is 1.35 bits per heavy atom. The maximum absolute atomic E-state index is 4.32. The second-order valence-corrected chi connectivity index (χ2v) is 5.61. The normalized spacial score (nSPS) is 19.1. The molecule has 1 N–H and O–H groups in total.